The van der Waals surface area contributed by atoms with Crippen LogP contribution in [0.1, 0.15) is 29.4 Å². The maximum atomic E-state index is 12.4. The SMILES string of the molecule is C[C@H](NC(=O)c1sc2cc(Cl)ccc2c1Cl)[C@H]1CCCO1. The predicted octanol–water partition coefficient (Wildman–Crippen LogP) is 4.51. The highest BCUT2D eigenvalue weighted by atomic mass is 35.5. The number of amides is 1. The number of nitrogens with one attached hydrogen (secondary N) is 1. The summed E-state index contributed by atoms with van der Waals surface area (Å²) in [4.78, 5) is 12.9. The number of carbonyl (C=O) groups excluding carboxylic acids is 1. The zero-order valence-electron chi connectivity index (χ0n) is 11.5. The molecular formula is C15H15Cl2NO2S. The molecule has 0 saturated carbocycles. The number of rotatable bonds is 3. The molecule has 112 valence electrons. The minimum atomic E-state index is -0.152. The molecule has 2 aromatic rings. The topological polar surface area (TPSA) is 38.3 Å². The second-order valence-corrected chi connectivity index (χ2v) is 7.07. The van der Waals surface area contributed by atoms with E-state index in [1.165, 1.54) is 11.3 Å². The van der Waals surface area contributed by atoms with Crippen molar-refractivity contribution in [2.45, 2.75) is 31.9 Å². The fourth-order valence-electron chi connectivity index (χ4n) is 2.55. The van der Waals surface area contributed by atoms with Crippen molar-refractivity contribution in [3.05, 3.63) is 33.1 Å². The smallest absolute Gasteiger partial charge is 0.263 e. The number of thiophene rings is 1. The van der Waals surface area contributed by atoms with Crippen LogP contribution in [0.2, 0.25) is 10.0 Å². The fraction of sp³-hybridized carbons (Fsp3) is 0.400. The maximum Gasteiger partial charge on any atom is 0.263 e. The van der Waals surface area contributed by atoms with Crippen molar-refractivity contribution in [3.63, 3.8) is 0 Å². The van der Waals surface area contributed by atoms with E-state index in [9.17, 15) is 4.79 Å². The van der Waals surface area contributed by atoms with Crippen LogP contribution in [0.3, 0.4) is 0 Å². The molecule has 0 spiro atoms. The molecule has 6 heteroatoms. The van der Waals surface area contributed by atoms with Crippen LogP contribution < -0.4 is 5.32 Å². The first-order chi connectivity index (χ1) is 10.1. The molecule has 0 radical (unpaired) electrons. The molecule has 1 aliphatic rings. The normalized spacial score (nSPS) is 19.9. The van der Waals surface area contributed by atoms with E-state index in [4.69, 9.17) is 27.9 Å². The van der Waals surface area contributed by atoms with Crippen molar-refractivity contribution >= 4 is 50.5 Å². The molecule has 3 rings (SSSR count). The Hall–Kier alpha value is -0.810. The molecule has 1 saturated heterocycles. The number of carbonyl (C=O) groups is 1. The van der Waals surface area contributed by atoms with Crippen molar-refractivity contribution in [1.29, 1.82) is 0 Å². The lowest BCUT2D eigenvalue weighted by atomic mass is 10.1. The summed E-state index contributed by atoms with van der Waals surface area (Å²) in [5.41, 5.74) is 0. The Labute approximate surface area is 137 Å². The molecular weight excluding hydrogens is 329 g/mol. The first kappa shape index (κ1) is 15.1. The van der Waals surface area contributed by atoms with Gasteiger partial charge in [0.05, 0.1) is 17.2 Å². The van der Waals surface area contributed by atoms with Crippen molar-refractivity contribution in [1.82, 2.24) is 5.32 Å². The van der Waals surface area contributed by atoms with E-state index < -0.39 is 0 Å². The Morgan fingerprint density at radius 2 is 2.29 bits per heavy atom. The van der Waals surface area contributed by atoms with Crippen LogP contribution in [-0.2, 0) is 4.74 Å². The molecule has 1 amide bonds. The van der Waals surface area contributed by atoms with Gasteiger partial charge in [-0.3, -0.25) is 4.79 Å². The summed E-state index contributed by atoms with van der Waals surface area (Å²) in [7, 11) is 0. The van der Waals surface area contributed by atoms with E-state index in [0.717, 1.165) is 29.5 Å². The molecule has 3 nitrogen and oxygen atoms in total. The first-order valence-corrected chi connectivity index (χ1v) is 8.43. The Morgan fingerprint density at radius 1 is 1.48 bits per heavy atom. The summed E-state index contributed by atoms with van der Waals surface area (Å²) < 4.78 is 6.51. The van der Waals surface area contributed by atoms with Gasteiger partial charge in [-0.05, 0) is 31.9 Å². The lowest BCUT2D eigenvalue weighted by molar-refractivity contribution is 0.0715. The second-order valence-electron chi connectivity index (χ2n) is 5.20. The summed E-state index contributed by atoms with van der Waals surface area (Å²) in [6.07, 6.45) is 2.13. The van der Waals surface area contributed by atoms with E-state index in [-0.39, 0.29) is 18.1 Å². The first-order valence-electron chi connectivity index (χ1n) is 6.86. The lowest BCUT2D eigenvalue weighted by Crippen LogP contribution is -2.40. The van der Waals surface area contributed by atoms with Gasteiger partial charge in [-0.2, -0.15) is 0 Å². The Kier molecular flexibility index (Phi) is 4.41. The maximum absolute atomic E-state index is 12.4. The lowest BCUT2D eigenvalue weighted by Gasteiger charge is -2.19. The van der Waals surface area contributed by atoms with Gasteiger partial charge in [0, 0.05) is 21.7 Å². The largest absolute Gasteiger partial charge is 0.376 e. The van der Waals surface area contributed by atoms with Crippen LogP contribution in [-0.4, -0.2) is 24.7 Å². The number of benzene rings is 1. The zero-order valence-corrected chi connectivity index (χ0v) is 13.8. The monoisotopic (exact) mass is 343 g/mol. The number of hydrogen-bond donors (Lipinski definition) is 1. The van der Waals surface area contributed by atoms with Crippen LogP contribution in [0, 0.1) is 0 Å². The quantitative estimate of drug-likeness (QED) is 0.890. The highest BCUT2D eigenvalue weighted by Crippen LogP contribution is 2.36. The molecule has 1 N–H and O–H groups in total. The summed E-state index contributed by atoms with van der Waals surface area (Å²) >= 11 is 13.7. The number of halogens is 2. The molecule has 0 aliphatic carbocycles. The van der Waals surface area contributed by atoms with Crippen molar-refractivity contribution < 1.29 is 9.53 Å². The van der Waals surface area contributed by atoms with Gasteiger partial charge in [0.1, 0.15) is 4.88 Å². The van der Waals surface area contributed by atoms with Crippen molar-refractivity contribution in [2.24, 2.45) is 0 Å². The van der Waals surface area contributed by atoms with Gasteiger partial charge in [-0.15, -0.1) is 11.3 Å². The Balaban J connectivity index is 1.82. The minimum absolute atomic E-state index is 0.0233. The summed E-state index contributed by atoms with van der Waals surface area (Å²) in [6, 6.07) is 5.42. The molecule has 1 fully saturated rings. The molecule has 1 aromatic heterocycles. The van der Waals surface area contributed by atoms with Gasteiger partial charge in [0.15, 0.2) is 0 Å². The van der Waals surface area contributed by atoms with Gasteiger partial charge in [0.2, 0.25) is 0 Å². The summed E-state index contributed by atoms with van der Waals surface area (Å²) in [5, 5.41) is 4.97. The average Bonchev–Trinajstić information content (AvgIpc) is 3.07. The Bertz CT molecular complexity index is 680. The van der Waals surface area contributed by atoms with Gasteiger partial charge in [-0.1, -0.05) is 29.3 Å². The van der Waals surface area contributed by atoms with Crippen molar-refractivity contribution in [3.8, 4) is 0 Å². The molecule has 21 heavy (non-hydrogen) atoms. The highest BCUT2D eigenvalue weighted by molar-refractivity contribution is 7.21. The van der Waals surface area contributed by atoms with Crippen LogP contribution in [0.4, 0.5) is 0 Å². The molecule has 0 bridgehead atoms. The van der Waals surface area contributed by atoms with Crippen LogP contribution in [0.5, 0.6) is 0 Å². The third-order valence-electron chi connectivity index (χ3n) is 3.68. The van der Waals surface area contributed by atoms with E-state index in [1.54, 1.807) is 6.07 Å². The van der Waals surface area contributed by atoms with Gasteiger partial charge in [0.25, 0.3) is 5.91 Å². The molecule has 2 heterocycles. The van der Waals surface area contributed by atoms with Crippen LogP contribution in [0.15, 0.2) is 18.2 Å². The number of hydrogen-bond acceptors (Lipinski definition) is 3. The van der Waals surface area contributed by atoms with E-state index in [1.807, 2.05) is 19.1 Å². The third-order valence-corrected chi connectivity index (χ3v) is 5.57. The molecule has 1 aliphatic heterocycles. The van der Waals surface area contributed by atoms with E-state index >= 15 is 0 Å². The minimum Gasteiger partial charge on any atom is -0.376 e. The highest BCUT2D eigenvalue weighted by Gasteiger charge is 2.25. The van der Waals surface area contributed by atoms with Crippen LogP contribution in [0.25, 0.3) is 10.1 Å². The molecule has 2 atom stereocenters. The average molecular weight is 344 g/mol. The molecule has 1 aromatic carbocycles. The van der Waals surface area contributed by atoms with Gasteiger partial charge < -0.3 is 10.1 Å². The van der Waals surface area contributed by atoms with Gasteiger partial charge in [-0.25, -0.2) is 0 Å². The zero-order chi connectivity index (χ0) is 15.0. The standard InChI is InChI=1S/C15H15Cl2NO2S/c1-8(11-3-2-6-20-11)18-15(19)14-13(17)10-5-4-9(16)7-12(10)21-14/h4-5,7-8,11H,2-3,6H2,1H3,(H,18,19)/t8-,11+/m0/s1. The van der Waals surface area contributed by atoms with E-state index in [0.29, 0.717) is 14.9 Å². The van der Waals surface area contributed by atoms with Crippen molar-refractivity contribution in [2.75, 3.05) is 6.61 Å². The summed E-state index contributed by atoms with van der Waals surface area (Å²) in [6.45, 7) is 2.74. The predicted molar refractivity (Wildman–Crippen MR) is 87.7 cm³/mol. The second kappa shape index (κ2) is 6.13. The van der Waals surface area contributed by atoms with Crippen LogP contribution >= 0.6 is 34.5 Å². The molecule has 0 unspecified atom stereocenters. The number of fused-ring (bicyclic) bond motifs is 1. The van der Waals surface area contributed by atoms with Gasteiger partial charge >= 0.3 is 0 Å². The third kappa shape index (κ3) is 3.04. The number of ether oxygens (including phenoxy) is 1. The summed E-state index contributed by atoms with van der Waals surface area (Å²) in [5.74, 6) is -0.152. The van der Waals surface area contributed by atoms with E-state index in [2.05, 4.69) is 5.32 Å². The fourth-order valence-corrected chi connectivity index (χ4v) is 4.24. The Morgan fingerprint density at radius 3 is 3.00 bits per heavy atom.